The summed E-state index contributed by atoms with van der Waals surface area (Å²) in [5, 5.41) is 14.1. The van der Waals surface area contributed by atoms with E-state index >= 15 is 0 Å². The van der Waals surface area contributed by atoms with Crippen LogP contribution < -0.4 is 0 Å². The van der Waals surface area contributed by atoms with Crippen molar-refractivity contribution in [2.24, 2.45) is 0 Å². The minimum absolute atomic E-state index is 0.0510. The molecule has 0 saturated carbocycles. The number of carbonyl (C=O) groups is 1. The summed E-state index contributed by atoms with van der Waals surface area (Å²) >= 11 is 0. The summed E-state index contributed by atoms with van der Waals surface area (Å²) in [6.07, 6.45) is 1.51. The van der Waals surface area contributed by atoms with Crippen LogP contribution in [0.5, 0.6) is 0 Å². The van der Waals surface area contributed by atoms with Crippen LogP contribution in [0, 0.1) is 5.82 Å². The highest BCUT2D eigenvalue weighted by Gasteiger charge is 2.17. The molecule has 0 bridgehead atoms. The van der Waals surface area contributed by atoms with Gasteiger partial charge in [0.2, 0.25) is 0 Å². The third-order valence-electron chi connectivity index (χ3n) is 3.43. The van der Waals surface area contributed by atoms with Crippen LogP contribution >= 0.6 is 0 Å². The summed E-state index contributed by atoms with van der Waals surface area (Å²) in [4.78, 5) is 16.0. The fourth-order valence-corrected chi connectivity index (χ4v) is 2.34. The van der Waals surface area contributed by atoms with Crippen molar-refractivity contribution in [2.75, 3.05) is 0 Å². The number of hydrogen-bond donors (Lipinski definition) is 1. The van der Waals surface area contributed by atoms with Crippen molar-refractivity contribution in [3.63, 3.8) is 0 Å². The predicted octanol–water partition coefficient (Wildman–Crippen LogP) is 3.52. The molecular formula is C16H14FN3O2. The molecule has 1 aromatic carbocycles. The largest absolute Gasteiger partial charge is 0.478 e. The second-order valence-electron chi connectivity index (χ2n) is 5.29. The molecule has 1 N–H and O–H groups in total. The van der Waals surface area contributed by atoms with E-state index in [-0.39, 0.29) is 17.4 Å². The van der Waals surface area contributed by atoms with E-state index in [0.29, 0.717) is 22.3 Å². The summed E-state index contributed by atoms with van der Waals surface area (Å²) in [5.74, 6) is -1.39. The summed E-state index contributed by atoms with van der Waals surface area (Å²) in [7, 11) is 0. The summed E-state index contributed by atoms with van der Waals surface area (Å²) in [5.41, 5.74) is 1.78. The number of carboxylic acids is 1. The summed E-state index contributed by atoms with van der Waals surface area (Å²) < 4.78 is 14.7. The van der Waals surface area contributed by atoms with E-state index < -0.39 is 5.97 Å². The zero-order valence-electron chi connectivity index (χ0n) is 12.1. The van der Waals surface area contributed by atoms with Gasteiger partial charge in [-0.2, -0.15) is 5.10 Å². The molecule has 0 radical (unpaired) electrons. The predicted molar refractivity (Wildman–Crippen MR) is 80.3 cm³/mol. The zero-order chi connectivity index (χ0) is 15.9. The molecule has 0 amide bonds. The smallest absolute Gasteiger partial charge is 0.336 e. The number of aromatic nitrogens is 3. The number of fused-ring (bicyclic) bond motifs is 1. The molecule has 0 aliphatic heterocycles. The molecule has 3 aromatic rings. The normalized spacial score (nSPS) is 11.3. The second-order valence-corrected chi connectivity index (χ2v) is 5.29. The molecule has 0 fully saturated rings. The van der Waals surface area contributed by atoms with Gasteiger partial charge in [-0.15, -0.1) is 0 Å². The Kier molecular flexibility index (Phi) is 3.36. The molecule has 5 nitrogen and oxygen atoms in total. The Hall–Kier alpha value is -2.76. The van der Waals surface area contributed by atoms with Crippen molar-refractivity contribution in [3.05, 3.63) is 47.9 Å². The van der Waals surface area contributed by atoms with Crippen LogP contribution in [0.2, 0.25) is 0 Å². The van der Waals surface area contributed by atoms with E-state index in [1.807, 2.05) is 13.8 Å². The van der Waals surface area contributed by atoms with E-state index in [1.165, 1.54) is 24.4 Å². The molecule has 0 aliphatic carbocycles. The zero-order valence-corrected chi connectivity index (χ0v) is 12.1. The van der Waals surface area contributed by atoms with E-state index in [1.54, 1.807) is 16.8 Å². The molecule has 3 rings (SSSR count). The van der Waals surface area contributed by atoms with Gasteiger partial charge in [0.15, 0.2) is 5.65 Å². The summed E-state index contributed by atoms with van der Waals surface area (Å²) in [6.45, 7) is 3.89. The van der Waals surface area contributed by atoms with E-state index in [4.69, 9.17) is 0 Å². The molecule has 0 spiro atoms. The van der Waals surface area contributed by atoms with Crippen LogP contribution in [0.3, 0.4) is 0 Å². The van der Waals surface area contributed by atoms with Gasteiger partial charge < -0.3 is 5.11 Å². The molecular weight excluding hydrogens is 285 g/mol. The van der Waals surface area contributed by atoms with Crippen LogP contribution in [-0.4, -0.2) is 25.8 Å². The number of nitrogens with zero attached hydrogens (tertiary/aromatic N) is 3. The lowest BCUT2D eigenvalue weighted by Gasteiger charge is -2.09. The standard InChI is InChI=1S/C16H14FN3O2/c1-9(2)20-15-13(8-18-20)12(16(21)22)7-14(19-15)10-3-5-11(17)6-4-10/h3-9H,1-2H3,(H,21,22). The fraction of sp³-hybridized carbons (Fsp3) is 0.188. The van der Waals surface area contributed by atoms with Crippen molar-refractivity contribution >= 4 is 17.0 Å². The van der Waals surface area contributed by atoms with E-state index in [9.17, 15) is 14.3 Å². The van der Waals surface area contributed by atoms with Crippen LogP contribution in [-0.2, 0) is 0 Å². The maximum atomic E-state index is 13.1. The van der Waals surface area contributed by atoms with Gasteiger partial charge in [0.25, 0.3) is 0 Å². The molecule has 0 unspecified atom stereocenters. The number of benzene rings is 1. The van der Waals surface area contributed by atoms with Gasteiger partial charge in [-0.1, -0.05) is 0 Å². The highest BCUT2D eigenvalue weighted by molar-refractivity contribution is 6.02. The fourth-order valence-electron chi connectivity index (χ4n) is 2.34. The topological polar surface area (TPSA) is 68.0 Å². The Morgan fingerprint density at radius 2 is 1.95 bits per heavy atom. The first-order valence-electron chi connectivity index (χ1n) is 6.85. The molecule has 0 atom stereocenters. The molecule has 112 valence electrons. The first-order valence-corrected chi connectivity index (χ1v) is 6.85. The molecule has 22 heavy (non-hydrogen) atoms. The lowest BCUT2D eigenvalue weighted by molar-refractivity contribution is 0.0699. The summed E-state index contributed by atoms with van der Waals surface area (Å²) in [6, 6.07) is 7.33. The first kappa shape index (κ1) is 14.2. The average Bonchev–Trinajstić information content (AvgIpc) is 2.90. The van der Waals surface area contributed by atoms with Gasteiger partial charge in [0.05, 0.1) is 22.8 Å². The van der Waals surface area contributed by atoms with Gasteiger partial charge in [0, 0.05) is 11.6 Å². The van der Waals surface area contributed by atoms with Crippen LogP contribution in [0.4, 0.5) is 4.39 Å². The molecule has 2 heterocycles. The lowest BCUT2D eigenvalue weighted by Crippen LogP contribution is -2.05. The van der Waals surface area contributed by atoms with Crippen molar-refractivity contribution in [1.29, 1.82) is 0 Å². The van der Waals surface area contributed by atoms with Crippen LogP contribution in [0.15, 0.2) is 36.5 Å². The first-order chi connectivity index (χ1) is 10.5. The molecule has 0 saturated heterocycles. The maximum absolute atomic E-state index is 13.1. The average molecular weight is 299 g/mol. The SMILES string of the molecule is CC(C)n1ncc2c(C(=O)O)cc(-c3ccc(F)cc3)nc21. The Morgan fingerprint density at radius 1 is 1.27 bits per heavy atom. The highest BCUT2D eigenvalue weighted by Crippen LogP contribution is 2.26. The third-order valence-corrected chi connectivity index (χ3v) is 3.43. The second kappa shape index (κ2) is 5.22. The number of rotatable bonds is 3. The molecule has 2 aromatic heterocycles. The Labute approximate surface area is 126 Å². The Balaban J connectivity index is 2.29. The van der Waals surface area contributed by atoms with Crippen molar-refractivity contribution in [2.45, 2.75) is 19.9 Å². The lowest BCUT2D eigenvalue weighted by atomic mass is 10.1. The number of carboxylic acid groups (broad SMARTS) is 1. The van der Waals surface area contributed by atoms with Crippen LogP contribution in [0.25, 0.3) is 22.3 Å². The minimum atomic E-state index is -1.04. The molecule has 0 aliphatic rings. The van der Waals surface area contributed by atoms with E-state index in [2.05, 4.69) is 10.1 Å². The maximum Gasteiger partial charge on any atom is 0.336 e. The van der Waals surface area contributed by atoms with Gasteiger partial charge in [-0.05, 0) is 44.2 Å². The van der Waals surface area contributed by atoms with Crippen molar-refractivity contribution in [1.82, 2.24) is 14.8 Å². The number of aromatic carboxylic acids is 1. The number of halogens is 1. The Bertz CT molecular complexity index is 854. The van der Waals surface area contributed by atoms with Gasteiger partial charge >= 0.3 is 5.97 Å². The highest BCUT2D eigenvalue weighted by atomic mass is 19.1. The quantitative estimate of drug-likeness (QED) is 0.803. The van der Waals surface area contributed by atoms with E-state index in [0.717, 1.165) is 0 Å². The van der Waals surface area contributed by atoms with Crippen molar-refractivity contribution in [3.8, 4) is 11.3 Å². The van der Waals surface area contributed by atoms with Gasteiger partial charge in [-0.25, -0.2) is 18.9 Å². The monoisotopic (exact) mass is 299 g/mol. The van der Waals surface area contributed by atoms with Crippen LogP contribution in [0.1, 0.15) is 30.2 Å². The third kappa shape index (κ3) is 2.32. The number of pyridine rings is 1. The minimum Gasteiger partial charge on any atom is -0.478 e. The van der Waals surface area contributed by atoms with Crippen molar-refractivity contribution < 1.29 is 14.3 Å². The molecule has 6 heteroatoms. The van der Waals surface area contributed by atoms with Gasteiger partial charge in [-0.3, -0.25) is 0 Å². The number of hydrogen-bond acceptors (Lipinski definition) is 3. The Morgan fingerprint density at radius 3 is 2.55 bits per heavy atom. The van der Waals surface area contributed by atoms with Gasteiger partial charge in [0.1, 0.15) is 5.82 Å².